The number of carbonyl (C=O) groups excluding carboxylic acids is 1. The fourth-order valence-electron chi connectivity index (χ4n) is 1.51. The lowest BCUT2D eigenvalue weighted by atomic mass is 10.1. The number of halogens is 1. The van der Waals surface area contributed by atoms with E-state index in [9.17, 15) is 4.79 Å². The number of H-pyrrole nitrogens is 1. The van der Waals surface area contributed by atoms with Gasteiger partial charge in [-0.25, -0.2) is 0 Å². The van der Waals surface area contributed by atoms with Crippen molar-refractivity contribution >= 4 is 23.5 Å². The van der Waals surface area contributed by atoms with E-state index in [1.165, 1.54) is 6.07 Å². The van der Waals surface area contributed by atoms with Crippen molar-refractivity contribution in [1.29, 1.82) is 0 Å². The number of aromatic nitrogens is 5. The highest BCUT2D eigenvalue weighted by atomic mass is 35.5. The second-order valence-corrected chi connectivity index (χ2v) is 4.21. The van der Waals surface area contributed by atoms with Crippen LogP contribution in [0.1, 0.15) is 10.5 Å². The molecule has 0 spiro atoms. The maximum atomic E-state index is 11.8. The second kappa shape index (κ2) is 5.10. The Morgan fingerprint density at radius 3 is 2.80 bits per heavy atom. The molecule has 0 aliphatic heterocycles. The molecule has 2 heterocycles. The number of hydrogen-bond acceptors (Lipinski definition) is 6. The van der Waals surface area contributed by atoms with Crippen LogP contribution >= 0.6 is 11.6 Å². The number of hydrogen-bond donors (Lipinski definition) is 2. The third-order valence-corrected chi connectivity index (χ3v) is 2.69. The summed E-state index contributed by atoms with van der Waals surface area (Å²) in [7, 11) is 0. The standard InChI is InChI=1S/C11H7ClN6O2/c12-7-3-1-6(2-4-7)9-5-8(16-20-9)10(19)13-11-14-17-18-15-11/h1-5H,(H2,13,14,15,17,18,19). The van der Waals surface area contributed by atoms with Crippen molar-refractivity contribution in [2.45, 2.75) is 0 Å². The molecule has 0 atom stereocenters. The molecule has 3 rings (SSSR count). The molecule has 1 amide bonds. The van der Waals surface area contributed by atoms with Crippen LogP contribution < -0.4 is 5.32 Å². The number of amides is 1. The molecule has 0 unspecified atom stereocenters. The Morgan fingerprint density at radius 1 is 1.30 bits per heavy atom. The van der Waals surface area contributed by atoms with E-state index < -0.39 is 5.91 Å². The van der Waals surface area contributed by atoms with Crippen molar-refractivity contribution in [3.63, 3.8) is 0 Å². The zero-order valence-electron chi connectivity index (χ0n) is 9.87. The van der Waals surface area contributed by atoms with E-state index in [0.717, 1.165) is 5.56 Å². The summed E-state index contributed by atoms with van der Waals surface area (Å²) in [5, 5.41) is 19.5. The fraction of sp³-hybridized carbons (Fsp3) is 0. The van der Waals surface area contributed by atoms with Crippen LogP contribution in [-0.4, -0.2) is 31.7 Å². The lowest BCUT2D eigenvalue weighted by molar-refractivity contribution is 0.101. The quantitative estimate of drug-likeness (QED) is 0.760. The molecule has 0 saturated heterocycles. The van der Waals surface area contributed by atoms with Crippen LogP contribution in [0.2, 0.25) is 5.02 Å². The van der Waals surface area contributed by atoms with Crippen molar-refractivity contribution in [2.24, 2.45) is 0 Å². The van der Waals surface area contributed by atoms with Gasteiger partial charge in [0.05, 0.1) is 0 Å². The monoisotopic (exact) mass is 290 g/mol. The van der Waals surface area contributed by atoms with E-state index in [1.54, 1.807) is 24.3 Å². The zero-order chi connectivity index (χ0) is 13.9. The van der Waals surface area contributed by atoms with Crippen LogP contribution in [-0.2, 0) is 0 Å². The van der Waals surface area contributed by atoms with Crippen molar-refractivity contribution in [1.82, 2.24) is 25.8 Å². The van der Waals surface area contributed by atoms with Gasteiger partial charge in [0, 0.05) is 16.7 Å². The van der Waals surface area contributed by atoms with E-state index in [2.05, 4.69) is 31.1 Å². The highest BCUT2D eigenvalue weighted by Gasteiger charge is 2.15. The van der Waals surface area contributed by atoms with Crippen LogP contribution in [0, 0.1) is 0 Å². The molecular formula is C11H7ClN6O2. The summed E-state index contributed by atoms with van der Waals surface area (Å²) in [4.78, 5) is 11.8. The predicted octanol–water partition coefficient (Wildman–Crippen LogP) is 1.76. The van der Waals surface area contributed by atoms with Crippen molar-refractivity contribution in [3.05, 3.63) is 41.0 Å². The normalized spacial score (nSPS) is 10.4. The van der Waals surface area contributed by atoms with E-state index in [4.69, 9.17) is 16.1 Å². The minimum absolute atomic E-state index is 0.0612. The Labute approximate surface area is 117 Å². The molecule has 100 valence electrons. The molecule has 0 aliphatic carbocycles. The highest BCUT2D eigenvalue weighted by molar-refractivity contribution is 6.30. The van der Waals surface area contributed by atoms with E-state index in [1.807, 2.05) is 0 Å². The Kier molecular flexibility index (Phi) is 3.13. The molecule has 0 fully saturated rings. The second-order valence-electron chi connectivity index (χ2n) is 3.77. The van der Waals surface area contributed by atoms with Gasteiger partial charge >= 0.3 is 0 Å². The molecule has 1 aromatic carbocycles. The molecule has 8 nitrogen and oxygen atoms in total. The average Bonchev–Trinajstić information content (AvgIpc) is 3.10. The van der Waals surface area contributed by atoms with Gasteiger partial charge < -0.3 is 4.52 Å². The van der Waals surface area contributed by atoms with Gasteiger partial charge in [-0.05, 0) is 29.5 Å². The average molecular weight is 291 g/mol. The van der Waals surface area contributed by atoms with Gasteiger partial charge in [-0.1, -0.05) is 21.9 Å². The van der Waals surface area contributed by atoms with Gasteiger partial charge in [0.2, 0.25) is 0 Å². The summed E-state index contributed by atoms with van der Waals surface area (Å²) in [5.41, 5.74) is 0.875. The molecular weight excluding hydrogens is 284 g/mol. The topological polar surface area (TPSA) is 110 Å². The molecule has 2 aromatic heterocycles. The summed E-state index contributed by atoms with van der Waals surface area (Å²) >= 11 is 5.80. The minimum atomic E-state index is -0.490. The number of benzene rings is 1. The van der Waals surface area contributed by atoms with Crippen LogP contribution in [0.15, 0.2) is 34.9 Å². The first-order valence-corrected chi connectivity index (χ1v) is 5.87. The number of rotatable bonds is 3. The SMILES string of the molecule is O=C(Nc1nn[nH]n1)c1cc(-c2ccc(Cl)cc2)on1. The first-order chi connectivity index (χ1) is 9.72. The predicted molar refractivity (Wildman–Crippen MR) is 69.1 cm³/mol. The lowest BCUT2D eigenvalue weighted by Crippen LogP contribution is -2.13. The van der Waals surface area contributed by atoms with Gasteiger partial charge in [0.15, 0.2) is 11.5 Å². The van der Waals surface area contributed by atoms with Gasteiger partial charge in [-0.15, -0.1) is 5.10 Å². The summed E-state index contributed by atoms with van der Waals surface area (Å²) in [5.74, 6) is 0.0290. The molecule has 0 saturated carbocycles. The first kappa shape index (κ1) is 12.3. The number of carbonyl (C=O) groups is 1. The van der Waals surface area contributed by atoms with E-state index in [-0.39, 0.29) is 11.6 Å². The van der Waals surface area contributed by atoms with Crippen LogP contribution in [0.3, 0.4) is 0 Å². The molecule has 0 bridgehead atoms. The van der Waals surface area contributed by atoms with E-state index in [0.29, 0.717) is 10.8 Å². The van der Waals surface area contributed by atoms with Gasteiger partial charge in [-0.3, -0.25) is 10.1 Å². The molecule has 9 heteroatoms. The lowest BCUT2D eigenvalue weighted by Gasteiger charge is -1.94. The Hall–Kier alpha value is -2.74. The van der Waals surface area contributed by atoms with Gasteiger partial charge in [-0.2, -0.15) is 5.21 Å². The molecule has 0 aliphatic rings. The number of nitrogens with zero attached hydrogens (tertiary/aromatic N) is 4. The fourth-order valence-corrected chi connectivity index (χ4v) is 1.64. The maximum Gasteiger partial charge on any atom is 0.280 e. The van der Waals surface area contributed by atoms with Gasteiger partial charge in [0.25, 0.3) is 11.9 Å². The smallest absolute Gasteiger partial charge is 0.280 e. The van der Waals surface area contributed by atoms with Crippen LogP contribution in [0.25, 0.3) is 11.3 Å². The van der Waals surface area contributed by atoms with Crippen molar-refractivity contribution in [3.8, 4) is 11.3 Å². The van der Waals surface area contributed by atoms with Gasteiger partial charge in [0.1, 0.15) is 0 Å². The number of tetrazole rings is 1. The third-order valence-electron chi connectivity index (χ3n) is 2.44. The molecule has 20 heavy (non-hydrogen) atoms. The Morgan fingerprint density at radius 2 is 2.10 bits per heavy atom. The number of nitrogens with one attached hydrogen (secondary N) is 2. The minimum Gasteiger partial charge on any atom is -0.355 e. The Bertz CT molecular complexity index is 722. The summed E-state index contributed by atoms with van der Waals surface area (Å²) in [6.07, 6.45) is 0. The summed E-state index contributed by atoms with van der Waals surface area (Å²) in [6, 6.07) is 8.49. The summed E-state index contributed by atoms with van der Waals surface area (Å²) < 4.78 is 5.11. The van der Waals surface area contributed by atoms with E-state index >= 15 is 0 Å². The zero-order valence-corrected chi connectivity index (χ0v) is 10.6. The third kappa shape index (κ3) is 2.50. The van der Waals surface area contributed by atoms with Crippen molar-refractivity contribution in [2.75, 3.05) is 5.32 Å². The molecule has 2 N–H and O–H groups in total. The summed E-state index contributed by atoms with van der Waals surface area (Å²) in [6.45, 7) is 0. The maximum absolute atomic E-state index is 11.8. The first-order valence-electron chi connectivity index (χ1n) is 5.50. The van der Waals surface area contributed by atoms with Crippen LogP contribution in [0.4, 0.5) is 5.95 Å². The Balaban J connectivity index is 1.79. The van der Waals surface area contributed by atoms with Crippen LogP contribution in [0.5, 0.6) is 0 Å². The molecule has 3 aromatic rings. The highest BCUT2D eigenvalue weighted by Crippen LogP contribution is 2.22. The largest absolute Gasteiger partial charge is 0.355 e. The van der Waals surface area contributed by atoms with Crippen molar-refractivity contribution < 1.29 is 9.32 Å². The molecule has 0 radical (unpaired) electrons. The number of anilines is 1. The number of aromatic amines is 1.